The fourth-order valence-electron chi connectivity index (χ4n) is 0.786. The van der Waals surface area contributed by atoms with E-state index in [1.54, 1.807) is 0 Å². The van der Waals surface area contributed by atoms with E-state index < -0.39 is 0 Å². The molecule has 0 unspecified atom stereocenters. The number of hydrogen-bond donors (Lipinski definition) is 0. The van der Waals surface area contributed by atoms with Crippen LogP contribution in [0.15, 0.2) is 18.2 Å². The zero-order valence-electron chi connectivity index (χ0n) is 5.38. The molecule has 0 aromatic carbocycles. The van der Waals surface area contributed by atoms with E-state index in [0.717, 1.165) is 6.42 Å². The topological polar surface area (TPSA) is 0 Å². The SMILES string of the molecule is [C-]1=CCCC=CCC1.[Pt]. The summed E-state index contributed by atoms with van der Waals surface area (Å²) in [5.74, 6) is 0. The Hall–Kier alpha value is 0.168. The zero-order valence-corrected chi connectivity index (χ0v) is 7.65. The van der Waals surface area contributed by atoms with E-state index in [1.807, 2.05) is 0 Å². The Kier molecular flexibility index (Phi) is 6.41. The van der Waals surface area contributed by atoms with Crippen molar-refractivity contribution in [2.75, 3.05) is 0 Å². The van der Waals surface area contributed by atoms with Gasteiger partial charge in [0.05, 0.1) is 0 Å². The average Bonchev–Trinajstić information content (AvgIpc) is 1.62. The van der Waals surface area contributed by atoms with Gasteiger partial charge in [0.2, 0.25) is 0 Å². The summed E-state index contributed by atoms with van der Waals surface area (Å²) in [7, 11) is 0. The van der Waals surface area contributed by atoms with E-state index in [1.165, 1.54) is 19.3 Å². The standard InChI is InChI=1S/C8H11.Pt/c1-2-4-6-8-7-5-3-1;/h1-2,7H,3-6H2;/q-1;. The van der Waals surface area contributed by atoms with Gasteiger partial charge >= 0.3 is 0 Å². The van der Waals surface area contributed by atoms with Crippen LogP contribution in [-0.4, -0.2) is 0 Å². The molecule has 1 aliphatic carbocycles. The average molecular weight is 302 g/mol. The molecule has 0 radical (unpaired) electrons. The molecule has 0 atom stereocenters. The molecule has 0 fully saturated rings. The maximum absolute atomic E-state index is 3.21. The van der Waals surface area contributed by atoms with Gasteiger partial charge in [-0.05, 0) is 6.42 Å². The quantitative estimate of drug-likeness (QED) is 0.476. The van der Waals surface area contributed by atoms with Crippen molar-refractivity contribution in [3.8, 4) is 0 Å². The molecule has 54 valence electrons. The predicted octanol–water partition coefficient (Wildman–Crippen LogP) is 2.47. The molecule has 0 aromatic heterocycles. The largest absolute Gasteiger partial charge is 0.500 e. The third kappa shape index (κ3) is 4.66. The van der Waals surface area contributed by atoms with Crippen LogP contribution in [0.5, 0.6) is 0 Å². The maximum atomic E-state index is 3.21. The van der Waals surface area contributed by atoms with Crippen LogP contribution >= 0.6 is 0 Å². The summed E-state index contributed by atoms with van der Waals surface area (Å²) in [5, 5.41) is 0. The van der Waals surface area contributed by atoms with Crippen LogP contribution in [-0.2, 0) is 21.1 Å². The van der Waals surface area contributed by atoms with Gasteiger partial charge in [0.15, 0.2) is 0 Å². The molecular formula is C8H11Pt-. The van der Waals surface area contributed by atoms with Crippen LogP contribution in [0.25, 0.3) is 0 Å². The summed E-state index contributed by atoms with van der Waals surface area (Å²) < 4.78 is 0. The zero-order chi connectivity index (χ0) is 5.66. The molecule has 0 amide bonds. The Bertz CT molecular complexity index is 77.1. The van der Waals surface area contributed by atoms with Gasteiger partial charge in [-0.25, -0.2) is 0 Å². The summed E-state index contributed by atoms with van der Waals surface area (Å²) in [5.41, 5.74) is 0. The van der Waals surface area contributed by atoms with Gasteiger partial charge in [-0.2, -0.15) is 6.42 Å². The molecule has 0 aliphatic heterocycles. The maximum Gasteiger partial charge on any atom is 0 e. The molecule has 9 heavy (non-hydrogen) atoms. The first-order valence-corrected chi connectivity index (χ1v) is 3.20. The fraction of sp³-hybridized carbons (Fsp3) is 0.500. The summed E-state index contributed by atoms with van der Waals surface area (Å²) in [6.07, 6.45) is 14.5. The molecule has 1 heteroatoms. The third-order valence-electron chi connectivity index (χ3n) is 1.24. The normalized spacial score (nSPS) is 17.8. The van der Waals surface area contributed by atoms with Crippen LogP contribution in [0.4, 0.5) is 0 Å². The number of rotatable bonds is 0. The van der Waals surface area contributed by atoms with Crippen LogP contribution < -0.4 is 0 Å². The van der Waals surface area contributed by atoms with Crippen molar-refractivity contribution in [2.45, 2.75) is 25.7 Å². The minimum absolute atomic E-state index is 0. The first kappa shape index (κ1) is 9.17. The molecule has 1 rings (SSSR count). The van der Waals surface area contributed by atoms with Gasteiger partial charge in [-0.15, -0.1) is 0 Å². The summed E-state index contributed by atoms with van der Waals surface area (Å²) in [4.78, 5) is 0. The van der Waals surface area contributed by atoms with Gasteiger partial charge in [-0.1, -0.05) is 25.0 Å². The minimum Gasteiger partial charge on any atom is -0.500 e. The second-order valence-electron chi connectivity index (χ2n) is 2.00. The second kappa shape index (κ2) is 6.29. The minimum atomic E-state index is 0. The van der Waals surface area contributed by atoms with Crippen molar-refractivity contribution in [1.29, 1.82) is 0 Å². The van der Waals surface area contributed by atoms with Crippen LogP contribution in [0, 0.1) is 6.08 Å². The molecular weight excluding hydrogens is 291 g/mol. The van der Waals surface area contributed by atoms with Crippen LogP contribution in [0.3, 0.4) is 0 Å². The summed E-state index contributed by atoms with van der Waals surface area (Å²) in [6, 6.07) is 0. The monoisotopic (exact) mass is 302 g/mol. The van der Waals surface area contributed by atoms with E-state index in [-0.39, 0.29) is 21.1 Å². The molecule has 0 saturated heterocycles. The van der Waals surface area contributed by atoms with Gasteiger partial charge in [0.25, 0.3) is 0 Å². The Labute approximate surface area is 71.3 Å². The fourth-order valence-corrected chi connectivity index (χ4v) is 0.786. The van der Waals surface area contributed by atoms with E-state index in [2.05, 4.69) is 24.3 Å². The number of allylic oxidation sites excluding steroid dienone is 4. The van der Waals surface area contributed by atoms with Gasteiger partial charge in [0, 0.05) is 21.1 Å². The summed E-state index contributed by atoms with van der Waals surface area (Å²) in [6.45, 7) is 0. The third-order valence-corrected chi connectivity index (χ3v) is 1.24. The number of hydrogen-bond acceptors (Lipinski definition) is 0. The Balaban J connectivity index is 0.000000640. The first-order chi connectivity index (χ1) is 4.00. The summed E-state index contributed by atoms with van der Waals surface area (Å²) >= 11 is 0. The van der Waals surface area contributed by atoms with Crippen molar-refractivity contribution in [3.63, 3.8) is 0 Å². The van der Waals surface area contributed by atoms with Crippen LogP contribution in [0.2, 0.25) is 0 Å². The Morgan fingerprint density at radius 1 is 1.00 bits per heavy atom. The molecule has 1 aliphatic rings. The van der Waals surface area contributed by atoms with E-state index >= 15 is 0 Å². The molecule has 0 nitrogen and oxygen atoms in total. The van der Waals surface area contributed by atoms with E-state index in [0.29, 0.717) is 0 Å². The molecule has 0 heterocycles. The second-order valence-corrected chi connectivity index (χ2v) is 2.00. The Morgan fingerprint density at radius 3 is 2.67 bits per heavy atom. The van der Waals surface area contributed by atoms with E-state index in [9.17, 15) is 0 Å². The van der Waals surface area contributed by atoms with Gasteiger partial charge in [-0.3, -0.25) is 6.08 Å². The van der Waals surface area contributed by atoms with Gasteiger partial charge in [0.1, 0.15) is 0 Å². The van der Waals surface area contributed by atoms with Crippen molar-refractivity contribution in [2.24, 2.45) is 0 Å². The molecule has 0 saturated carbocycles. The van der Waals surface area contributed by atoms with Crippen molar-refractivity contribution in [3.05, 3.63) is 24.3 Å². The molecule has 0 bridgehead atoms. The Morgan fingerprint density at radius 2 is 1.78 bits per heavy atom. The molecule has 0 spiro atoms. The first-order valence-electron chi connectivity index (χ1n) is 3.20. The molecule has 0 N–H and O–H groups in total. The van der Waals surface area contributed by atoms with Crippen LogP contribution in [0.1, 0.15) is 25.7 Å². The van der Waals surface area contributed by atoms with Crippen molar-refractivity contribution < 1.29 is 21.1 Å². The van der Waals surface area contributed by atoms with E-state index in [4.69, 9.17) is 0 Å². The van der Waals surface area contributed by atoms with Gasteiger partial charge < -0.3 is 6.08 Å². The van der Waals surface area contributed by atoms with Crippen molar-refractivity contribution in [1.82, 2.24) is 0 Å². The molecule has 0 aromatic rings. The smallest absolute Gasteiger partial charge is 0 e. The van der Waals surface area contributed by atoms with Crippen molar-refractivity contribution >= 4 is 0 Å². The predicted molar refractivity (Wildman–Crippen MR) is 35.4 cm³/mol.